The van der Waals surface area contributed by atoms with E-state index < -0.39 is 23.4 Å². The van der Waals surface area contributed by atoms with Gasteiger partial charge in [0, 0.05) is 24.1 Å². The van der Waals surface area contributed by atoms with Crippen molar-refractivity contribution in [1.29, 1.82) is 0 Å². The SMILES string of the molecule is Nc1nc(-c2ccc([N+](=O)[O-])cc2)nc2c1ncn2[C@H]1C[C@H](O)[C@@H](CO)O1. The van der Waals surface area contributed by atoms with Crippen LogP contribution in [0.1, 0.15) is 12.6 Å². The number of nitro benzene ring substituents is 1. The molecule has 0 saturated carbocycles. The number of anilines is 1. The van der Waals surface area contributed by atoms with E-state index in [1.807, 2.05) is 0 Å². The molecule has 0 radical (unpaired) electrons. The zero-order valence-electron chi connectivity index (χ0n) is 14.0. The smallest absolute Gasteiger partial charge is 0.269 e. The number of aromatic nitrogens is 4. The van der Waals surface area contributed by atoms with Gasteiger partial charge in [0.15, 0.2) is 17.3 Å². The van der Waals surface area contributed by atoms with Gasteiger partial charge in [0.2, 0.25) is 0 Å². The Labute approximate surface area is 152 Å². The fourth-order valence-corrected chi connectivity index (χ4v) is 3.06. The largest absolute Gasteiger partial charge is 0.394 e. The molecule has 0 aliphatic carbocycles. The second-order valence-electron chi connectivity index (χ2n) is 6.18. The van der Waals surface area contributed by atoms with E-state index in [0.717, 1.165) is 0 Å². The van der Waals surface area contributed by atoms with Crippen molar-refractivity contribution < 1.29 is 19.9 Å². The number of nitrogens with two attached hydrogens (primary N) is 1. The van der Waals surface area contributed by atoms with E-state index >= 15 is 0 Å². The summed E-state index contributed by atoms with van der Waals surface area (Å²) in [6.07, 6.45) is -0.271. The minimum absolute atomic E-state index is 0.0405. The fraction of sp³-hybridized carbons (Fsp3) is 0.312. The molecule has 11 nitrogen and oxygen atoms in total. The van der Waals surface area contributed by atoms with Crippen LogP contribution in [0.15, 0.2) is 30.6 Å². The number of ether oxygens (including phenoxy) is 1. The van der Waals surface area contributed by atoms with Crippen LogP contribution >= 0.6 is 0 Å². The quantitative estimate of drug-likeness (QED) is 0.440. The Morgan fingerprint density at radius 2 is 2.07 bits per heavy atom. The first-order valence-corrected chi connectivity index (χ1v) is 8.17. The van der Waals surface area contributed by atoms with Crippen molar-refractivity contribution in [2.75, 3.05) is 12.3 Å². The average Bonchev–Trinajstić information content (AvgIpc) is 3.25. The van der Waals surface area contributed by atoms with E-state index in [1.165, 1.54) is 30.6 Å². The van der Waals surface area contributed by atoms with Gasteiger partial charge in [-0.25, -0.2) is 15.0 Å². The maximum absolute atomic E-state index is 10.8. The third kappa shape index (κ3) is 2.97. The molecule has 11 heteroatoms. The van der Waals surface area contributed by atoms with Crippen molar-refractivity contribution in [2.45, 2.75) is 24.9 Å². The highest BCUT2D eigenvalue weighted by Gasteiger charge is 2.35. The first kappa shape index (κ1) is 17.3. The number of hydrogen-bond donors (Lipinski definition) is 3. The van der Waals surface area contributed by atoms with E-state index in [4.69, 9.17) is 10.5 Å². The number of nitrogens with zero attached hydrogens (tertiary/aromatic N) is 5. The van der Waals surface area contributed by atoms with E-state index in [2.05, 4.69) is 15.0 Å². The van der Waals surface area contributed by atoms with Crippen LogP contribution < -0.4 is 5.73 Å². The topological polar surface area (TPSA) is 162 Å². The van der Waals surface area contributed by atoms with Crippen LogP contribution in [-0.4, -0.2) is 53.5 Å². The van der Waals surface area contributed by atoms with Gasteiger partial charge < -0.3 is 20.7 Å². The van der Waals surface area contributed by atoms with Gasteiger partial charge in [-0.2, -0.15) is 0 Å². The van der Waals surface area contributed by atoms with Crippen molar-refractivity contribution in [1.82, 2.24) is 19.5 Å². The van der Waals surface area contributed by atoms with E-state index in [0.29, 0.717) is 16.7 Å². The van der Waals surface area contributed by atoms with Gasteiger partial charge in [0.25, 0.3) is 5.69 Å². The average molecular weight is 372 g/mol. The van der Waals surface area contributed by atoms with E-state index in [9.17, 15) is 20.3 Å². The maximum atomic E-state index is 10.8. The summed E-state index contributed by atoms with van der Waals surface area (Å²) in [5.41, 5.74) is 7.31. The van der Waals surface area contributed by atoms with Crippen LogP contribution in [0.4, 0.5) is 11.5 Å². The molecule has 3 atom stereocenters. The maximum Gasteiger partial charge on any atom is 0.269 e. The normalized spacial score (nSPS) is 22.4. The van der Waals surface area contributed by atoms with Gasteiger partial charge in [0.1, 0.15) is 17.8 Å². The van der Waals surface area contributed by atoms with Crippen molar-refractivity contribution in [3.05, 3.63) is 40.7 Å². The lowest BCUT2D eigenvalue weighted by Crippen LogP contribution is -2.24. The highest BCUT2D eigenvalue weighted by atomic mass is 16.6. The predicted octanol–water partition coefficient (Wildman–Crippen LogP) is 0.624. The van der Waals surface area contributed by atoms with Gasteiger partial charge >= 0.3 is 0 Å². The number of hydrogen-bond acceptors (Lipinski definition) is 9. The number of aliphatic hydroxyl groups is 2. The molecule has 4 N–H and O–H groups in total. The summed E-state index contributed by atoms with van der Waals surface area (Å²) in [4.78, 5) is 23.2. The molecule has 1 aliphatic heterocycles. The van der Waals surface area contributed by atoms with Gasteiger partial charge in [-0.1, -0.05) is 0 Å². The van der Waals surface area contributed by atoms with Crippen LogP contribution in [0.3, 0.4) is 0 Å². The highest BCUT2D eigenvalue weighted by Crippen LogP contribution is 2.32. The lowest BCUT2D eigenvalue weighted by molar-refractivity contribution is -0.384. The lowest BCUT2D eigenvalue weighted by Gasteiger charge is -2.14. The second kappa shape index (κ2) is 6.54. The number of nitro groups is 1. The molecular weight excluding hydrogens is 356 g/mol. The molecule has 2 aromatic heterocycles. The second-order valence-corrected chi connectivity index (χ2v) is 6.18. The Morgan fingerprint density at radius 3 is 2.70 bits per heavy atom. The first-order chi connectivity index (χ1) is 13.0. The number of benzene rings is 1. The third-order valence-corrected chi connectivity index (χ3v) is 4.48. The molecule has 140 valence electrons. The van der Waals surface area contributed by atoms with E-state index in [1.54, 1.807) is 4.57 Å². The molecule has 0 bridgehead atoms. The number of non-ortho nitro benzene ring substituents is 1. The van der Waals surface area contributed by atoms with Gasteiger partial charge in [-0.15, -0.1) is 0 Å². The van der Waals surface area contributed by atoms with Crippen molar-refractivity contribution in [2.24, 2.45) is 0 Å². The zero-order chi connectivity index (χ0) is 19.1. The lowest BCUT2D eigenvalue weighted by atomic mass is 10.2. The molecule has 1 aromatic carbocycles. The molecule has 0 amide bonds. The summed E-state index contributed by atoms with van der Waals surface area (Å²) in [6, 6.07) is 5.80. The van der Waals surface area contributed by atoms with Crippen LogP contribution in [0, 0.1) is 10.1 Å². The highest BCUT2D eigenvalue weighted by molar-refractivity contribution is 5.83. The summed E-state index contributed by atoms with van der Waals surface area (Å²) >= 11 is 0. The number of nitrogen functional groups attached to an aromatic ring is 1. The van der Waals surface area contributed by atoms with Crippen LogP contribution in [0.2, 0.25) is 0 Å². The molecule has 1 aliphatic rings. The Hall–Kier alpha value is -3.15. The number of aliphatic hydroxyl groups excluding tert-OH is 2. The van der Waals surface area contributed by atoms with Crippen molar-refractivity contribution in [3.8, 4) is 11.4 Å². The van der Waals surface area contributed by atoms with Gasteiger partial charge in [-0.3, -0.25) is 14.7 Å². The molecule has 4 rings (SSSR count). The first-order valence-electron chi connectivity index (χ1n) is 8.17. The predicted molar refractivity (Wildman–Crippen MR) is 93.4 cm³/mol. The molecule has 1 saturated heterocycles. The van der Waals surface area contributed by atoms with Crippen LogP contribution in [0.25, 0.3) is 22.6 Å². The standard InChI is InChI=1S/C16H16N6O5/c17-14-13-16(21(7-18-13)12-5-10(24)11(6-23)27-12)20-15(19-14)8-1-3-9(4-2-8)22(25)26/h1-4,7,10-12,23-24H,5-6H2,(H2,17,19,20)/t10-,11+,12+/m0/s1. The minimum Gasteiger partial charge on any atom is -0.394 e. The van der Waals surface area contributed by atoms with Crippen LogP contribution in [-0.2, 0) is 4.74 Å². The van der Waals surface area contributed by atoms with Gasteiger partial charge in [0.05, 0.1) is 24.0 Å². The Kier molecular flexibility index (Phi) is 4.18. The fourth-order valence-electron chi connectivity index (χ4n) is 3.06. The molecule has 3 heterocycles. The Balaban J connectivity index is 1.75. The van der Waals surface area contributed by atoms with E-state index in [-0.39, 0.29) is 30.4 Å². The van der Waals surface area contributed by atoms with Crippen LogP contribution in [0.5, 0.6) is 0 Å². The number of rotatable bonds is 4. The summed E-state index contributed by atoms with van der Waals surface area (Å²) < 4.78 is 7.28. The van der Waals surface area contributed by atoms with Gasteiger partial charge in [-0.05, 0) is 12.1 Å². The zero-order valence-corrected chi connectivity index (χ0v) is 14.0. The molecule has 0 unspecified atom stereocenters. The van der Waals surface area contributed by atoms with Crippen molar-refractivity contribution in [3.63, 3.8) is 0 Å². The number of fused-ring (bicyclic) bond motifs is 1. The minimum atomic E-state index is -0.800. The molecule has 3 aromatic rings. The molecule has 0 spiro atoms. The summed E-state index contributed by atoms with van der Waals surface area (Å²) in [5.74, 6) is 0.443. The Morgan fingerprint density at radius 1 is 1.33 bits per heavy atom. The Bertz CT molecular complexity index is 1000. The molecule has 1 fully saturated rings. The molecular formula is C16H16N6O5. The summed E-state index contributed by atoms with van der Waals surface area (Å²) in [5, 5.41) is 30.0. The third-order valence-electron chi connectivity index (χ3n) is 4.48. The molecule has 27 heavy (non-hydrogen) atoms. The van der Waals surface area contributed by atoms with Crippen molar-refractivity contribution >= 4 is 22.7 Å². The summed E-state index contributed by atoms with van der Waals surface area (Å²) in [6.45, 7) is -0.296. The summed E-state index contributed by atoms with van der Waals surface area (Å²) in [7, 11) is 0. The number of imidazole rings is 1. The monoisotopic (exact) mass is 372 g/mol.